The van der Waals surface area contributed by atoms with Crippen LogP contribution >= 0.6 is 11.3 Å². The number of carbonyl (C=O) groups is 1. The molecule has 2 N–H and O–H groups in total. The number of rotatable bonds is 6. The van der Waals surface area contributed by atoms with Crippen LogP contribution in [0.15, 0.2) is 46.2 Å². The summed E-state index contributed by atoms with van der Waals surface area (Å²) in [5.74, 6) is -0.406. The fourth-order valence-electron chi connectivity index (χ4n) is 2.84. The lowest BCUT2D eigenvalue weighted by atomic mass is 9.97. The summed E-state index contributed by atoms with van der Waals surface area (Å²) in [5, 5.41) is 11.9. The van der Waals surface area contributed by atoms with Gasteiger partial charge in [0, 0.05) is 31.4 Å². The zero-order valence-corrected chi connectivity index (χ0v) is 15.0. The van der Waals surface area contributed by atoms with Crippen LogP contribution in [0.2, 0.25) is 0 Å². The van der Waals surface area contributed by atoms with Gasteiger partial charge in [-0.3, -0.25) is 9.78 Å². The maximum absolute atomic E-state index is 12.3. The molecule has 0 bridgehead atoms. The van der Waals surface area contributed by atoms with Crippen LogP contribution in [0.4, 0.5) is 0 Å². The summed E-state index contributed by atoms with van der Waals surface area (Å²) in [6.45, 7) is 0.313. The highest BCUT2D eigenvalue weighted by molar-refractivity contribution is 7.91. The molecule has 0 spiro atoms. The van der Waals surface area contributed by atoms with Gasteiger partial charge in [0.2, 0.25) is 5.91 Å². The Balaban J connectivity index is 1.55. The minimum atomic E-state index is -3.67. The highest BCUT2D eigenvalue weighted by atomic mass is 32.2. The van der Waals surface area contributed by atoms with Crippen LogP contribution < -0.4 is 4.72 Å². The molecule has 1 fully saturated rings. The second-order valence-corrected chi connectivity index (χ2v) is 8.88. The summed E-state index contributed by atoms with van der Waals surface area (Å²) in [6, 6.07) is 6.89. The van der Waals surface area contributed by atoms with Gasteiger partial charge in [0.1, 0.15) is 4.21 Å². The third-order valence-corrected chi connectivity index (χ3v) is 6.98. The van der Waals surface area contributed by atoms with Crippen LogP contribution in [-0.2, 0) is 21.2 Å². The molecule has 2 aromatic heterocycles. The normalized spacial score (nSPS) is 20.8. The number of β-amino-alcohol motifs (C(OH)–C–C–N with tert-alkyl or cyclic N) is 1. The van der Waals surface area contributed by atoms with E-state index >= 15 is 0 Å². The van der Waals surface area contributed by atoms with Gasteiger partial charge in [0.25, 0.3) is 10.0 Å². The van der Waals surface area contributed by atoms with Gasteiger partial charge in [-0.1, -0.05) is 6.07 Å². The number of aliphatic hydroxyl groups is 1. The highest BCUT2D eigenvalue weighted by Crippen LogP contribution is 2.21. The molecule has 2 aromatic rings. The Morgan fingerprint density at radius 2 is 2.08 bits per heavy atom. The van der Waals surface area contributed by atoms with E-state index in [1.54, 1.807) is 23.8 Å². The second-order valence-electron chi connectivity index (χ2n) is 5.94. The molecule has 0 saturated carbocycles. The topological polar surface area (TPSA) is 99.6 Å². The van der Waals surface area contributed by atoms with Crippen LogP contribution in [0.3, 0.4) is 0 Å². The van der Waals surface area contributed by atoms with Crippen LogP contribution in [0.25, 0.3) is 0 Å². The van der Waals surface area contributed by atoms with Crippen molar-refractivity contribution in [3.63, 3.8) is 0 Å². The fourth-order valence-corrected chi connectivity index (χ4v) is 4.85. The number of aromatic nitrogens is 1. The van der Waals surface area contributed by atoms with Crippen molar-refractivity contribution in [3.8, 4) is 0 Å². The third kappa shape index (κ3) is 4.43. The number of hydrogen-bond donors (Lipinski definition) is 2. The number of amides is 1. The SMILES string of the molecule is O=C(CNS(=O)(=O)c1cccs1)N1C[C@@H](Cc2ccncc2)[C@H](O)C1. The molecular weight excluding hydrogens is 362 g/mol. The van der Waals surface area contributed by atoms with E-state index in [4.69, 9.17) is 0 Å². The van der Waals surface area contributed by atoms with E-state index in [0.717, 1.165) is 16.9 Å². The Morgan fingerprint density at radius 1 is 1.32 bits per heavy atom. The molecule has 9 heteroatoms. The number of pyridine rings is 1. The Morgan fingerprint density at radius 3 is 2.76 bits per heavy atom. The lowest BCUT2D eigenvalue weighted by Crippen LogP contribution is -2.39. The van der Waals surface area contributed by atoms with E-state index < -0.39 is 16.1 Å². The number of carbonyl (C=O) groups excluding carboxylic acids is 1. The highest BCUT2D eigenvalue weighted by Gasteiger charge is 2.34. The van der Waals surface area contributed by atoms with Gasteiger partial charge in [-0.2, -0.15) is 0 Å². The van der Waals surface area contributed by atoms with E-state index in [2.05, 4.69) is 9.71 Å². The first kappa shape index (κ1) is 18.0. The van der Waals surface area contributed by atoms with E-state index in [0.29, 0.717) is 13.0 Å². The molecule has 1 aliphatic heterocycles. The van der Waals surface area contributed by atoms with Gasteiger partial charge in [-0.15, -0.1) is 11.3 Å². The molecule has 0 aliphatic carbocycles. The van der Waals surface area contributed by atoms with Crippen molar-refractivity contribution in [2.45, 2.75) is 16.7 Å². The molecule has 1 aliphatic rings. The number of hydrogen-bond acceptors (Lipinski definition) is 6. The van der Waals surface area contributed by atoms with Crippen LogP contribution in [0.1, 0.15) is 5.56 Å². The molecule has 0 radical (unpaired) electrons. The first-order valence-corrected chi connectivity index (χ1v) is 10.2. The molecule has 25 heavy (non-hydrogen) atoms. The summed E-state index contributed by atoms with van der Waals surface area (Å²) in [6.07, 6.45) is 3.41. The van der Waals surface area contributed by atoms with Gasteiger partial charge < -0.3 is 10.0 Å². The monoisotopic (exact) mass is 381 g/mol. The molecule has 0 unspecified atom stereocenters. The second kappa shape index (κ2) is 7.61. The number of sulfonamides is 1. The Kier molecular flexibility index (Phi) is 5.48. The van der Waals surface area contributed by atoms with Crippen molar-refractivity contribution in [1.82, 2.24) is 14.6 Å². The summed E-state index contributed by atoms with van der Waals surface area (Å²) in [4.78, 5) is 17.8. The largest absolute Gasteiger partial charge is 0.391 e. The molecule has 2 atom stereocenters. The lowest BCUT2D eigenvalue weighted by molar-refractivity contribution is -0.129. The van der Waals surface area contributed by atoms with Gasteiger partial charge in [-0.25, -0.2) is 13.1 Å². The third-order valence-electron chi connectivity index (χ3n) is 4.18. The maximum Gasteiger partial charge on any atom is 0.250 e. The van der Waals surface area contributed by atoms with Crippen LogP contribution in [0, 0.1) is 5.92 Å². The molecule has 7 nitrogen and oxygen atoms in total. The minimum Gasteiger partial charge on any atom is -0.391 e. The number of nitrogens with zero attached hydrogens (tertiary/aromatic N) is 2. The molecular formula is C16H19N3O4S2. The van der Waals surface area contributed by atoms with Crippen LogP contribution in [-0.4, -0.2) is 55.1 Å². The summed E-state index contributed by atoms with van der Waals surface area (Å²) >= 11 is 1.10. The number of thiophene rings is 1. The van der Waals surface area contributed by atoms with Gasteiger partial charge in [-0.05, 0) is 35.6 Å². The van der Waals surface area contributed by atoms with Crippen molar-refractivity contribution in [3.05, 3.63) is 47.6 Å². The van der Waals surface area contributed by atoms with Gasteiger partial charge in [0.05, 0.1) is 12.6 Å². The Labute approximate surface area is 150 Å². The van der Waals surface area contributed by atoms with E-state index in [1.165, 1.54) is 11.0 Å². The van der Waals surface area contributed by atoms with Crippen molar-refractivity contribution in [1.29, 1.82) is 0 Å². The number of aliphatic hydroxyl groups excluding tert-OH is 1. The molecule has 3 rings (SSSR count). The predicted octanol–water partition coefficient (Wildman–Crippen LogP) is 0.483. The fraction of sp³-hybridized carbons (Fsp3) is 0.375. The summed E-state index contributed by atoms with van der Waals surface area (Å²) in [5.41, 5.74) is 1.05. The smallest absolute Gasteiger partial charge is 0.250 e. The van der Waals surface area contributed by atoms with Crippen LogP contribution in [0.5, 0.6) is 0 Å². The minimum absolute atomic E-state index is 0.0692. The Bertz CT molecular complexity index is 809. The lowest BCUT2D eigenvalue weighted by Gasteiger charge is -2.16. The number of likely N-dealkylation sites (tertiary alicyclic amines) is 1. The van der Waals surface area contributed by atoms with Crippen molar-refractivity contribution >= 4 is 27.3 Å². The van der Waals surface area contributed by atoms with E-state index in [1.807, 2.05) is 12.1 Å². The summed E-state index contributed by atoms with van der Waals surface area (Å²) in [7, 11) is -3.67. The van der Waals surface area contributed by atoms with Crippen molar-refractivity contribution in [2.75, 3.05) is 19.6 Å². The molecule has 0 aromatic carbocycles. The first-order valence-electron chi connectivity index (χ1n) is 7.83. The average molecular weight is 381 g/mol. The van der Waals surface area contributed by atoms with Gasteiger partial charge in [0.15, 0.2) is 0 Å². The molecule has 3 heterocycles. The summed E-state index contributed by atoms with van der Waals surface area (Å²) < 4.78 is 26.6. The Hall–Kier alpha value is -1.81. The van der Waals surface area contributed by atoms with Crippen molar-refractivity contribution < 1.29 is 18.3 Å². The number of nitrogens with one attached hydrogen (secondary N) is 1. The quantitative estimate of drug-likeness (QED) is 0.758. The van der Waals surface area contributed by atoms with E-state index in [-0.39, 0.29) is 29.1 Å². The maximum atomic E-state index is 12.3. The van der Waals surface area contributed by atoms with E-state index in [9.17, 15) is 18.3 Å². The molecule has 1 saturated heterocycles. The zero-order chi connectivity index (χ0) is 17.9. The predicted molar refractivity (Wildman–Crippen MR) is 93.5 cm³/mol. The first-order chi connectivity index (χ1) is 12.0. The van der Waals surface area contributed by atoms with Crippen molar-refractivity contribution in [2.24, 2.45) is 5.92 Å². The zero-order valence-electron chi connectivity index (χ0n) is 13.4. The average Bonchev–Trinajstić information content (AvgIpc) is 3.25. The molecule has 134 valence electrons. The standard InChI is InChI=1S/C16H19N3O4S2/c20-14-11-19(10-13(14)8-12-3-5-17-6-4-12)15(21)9-18-25(22,23)16-2-1-7-24-16/h1-7,13-14,18,20H,8-11H2/t13-,14-/m1/s1. The van der Waals surface area contributed by atoms with Gasteiger partial charge >= 0.3 is 0 Å². The molecule has 1 amide bonds.